The van der Waals surface area contributed by atoms with Crippen molar-refractivity contribution >= 4 is 44.8 Å². The Hall–Kier alpha value is -2.38. The molecule has 0 amide bonds. The molecule has 2 heterocycles. The number of thiocarbonyl (C=S) groups is 1. The molecule has 0 atom stereocenters. The van der Waals surface area contributed by atoms with Gasteiger partial charge in [-0.3, -0.25) is 0 Å². The number of hydrogen-bond acceptors (Lipinski definition) is 4. The summed E-state index contributed by atoms with van der Waals surface area (Å²) in [5.41, 5.74) is 17.3. The number of anilines is 2. The van der Waals surface area contributed by atoms with Gasteiger partial charge >= 0.3 is 0 Å². The van der Waals surface area contributed by atoms with Gasteiger partial charge in [0.05, 0.1) is 12.2 Å². The van der Waals surface area contributed by atoms with Gasteiger partial charge in [0.15, 0.2) is 5.11 Å². The first kappa shape index (κ1) is 16.1. The standard InChI is InChI=1S/C18H16BrN5S/c19-12-5-7-13(8-6-12)23-9-11-3-1-2-4-14(11)16-15(10-23)22-24(17(16)20)18(21)25/h1-8H,9-10,20H2,(H2,21,25). The van der Waals surface area contributed by atoms with Crippen LogP contribution in [0.15, 0.2) is 53.0 Å². The van der Waals surface area contributed by atoms with Crippen LogP contribution < -0.4 is 16.4 Å². The number of nitrogens with zero attached hydrogens (tertiary/aromatic N) is 3. The fraction of sp³-hybridized carbons (Fsp3) is 0.111. The van der Waals surface area contributed by atoms with E-state index in [0.717, 1.165) is 33.5 Å². The highest BCUT2D eigenvalue weighted by atomic mass is 79.9. The van der Waals surface area contributed by atoms with Gasteiger partial charge in [-0.15, -0.1) is 0 Å². The molecule has 1 aromatic heterocycles. The van der Waals surface area contributed by atoms with Gasteiger partial charge in [0.1, 0.15) is 5.82 Å². The second-order valence-electron chi connectivity index (χ2n) is 5.95. The van der Waals surface area contributed by atoms with Gasteiger partial charge in [-0.2, -0.15) is 9.78 Å². The number of halogens is 1. The van der Waals surface area contributed by atoms with E-state index in [1.807, 2.05) is 24.3 Å². The van der Waals surface area contributed by atoms with E-state index in [1.165, 1.54) is 10.2 Å². The van der Waals surface area contributed by atoms with Gasteiger partial charge in [0, 0.05) is 22.3 Å². The first-order valence-corrected chi connectivity index (χ1v) is 9.00. The summed E-state index contributed by atoms with van der Waals surface area (Å²) in [6.45, 7) is 1.41. The molecule has 1 aliphatic heterocycles. The van der Waals surface area contributed by atoms with Crippen LogP contribution in [-0.2, 0) is 13.1 Å². The summed E-state index contributed by atoms with van der Waals surface area (Å²) in [6, 6.07) is 16.5. The highest BCUT2D eigenvalue weighted by molar-refractivity contribution is 9.10. The minimum Gasteiger partial charge on any atom is -0.383 e. The number of rotatable bonds is 1. The Balaban J connectivity index is 1.89. The SMILES string of the molecule is NC(=S)n1nc2c(c1N)-c1ccccc1CN(c1ccc(Br)cc1)C2. The van der Waals surface area contributed by atoms with E-state index in [1.54, 1.807) is 0 Å². The van der Waals surface area contributed by atoms with Crippen LogP contribution in [0, 0.1) is 0 Å². The van der Waals surface area contributed by atoms with Crippen LogP contribution in [-0.4, -0.2) is 14.9 Å². The zero-order chi connectivity index (χ0) is 17.6. The van der Waals surface area contributed by atoms with Crippen LogP contribution in [0.25, 0.3) is 11.1 Å². The maximum absolute atomic E-state index is 6.32. The fourth-order valence-corrected chi connectivity index (χ4v) is 3.63. The molecule has 25 heavy (non-hydrogen) atoms. The Morgan fingerprint density at radius 3 is 2.52 bits per heavy atom. The summed E-state index contributed by atoms with van der Waals surface area (Å²) in [7, 11) is 0. The van der Waals surface area contributed by atoms with Crippen molar-refractivity contribution in [3.8, 4) is 11.1 Å². The maximum Gasteiger partial charge on any atom is 0.193 e. The number of fused-ring (bicyclic) bond motifs is 3. The molecule has 126 valence electrons. The number of hydrogen-bond donors (Lipinski definition) is 2. The molecule has 0 fully saturated rings. The Morgan fingerprint density at radius 1 is 1.08 bits per heavy atom. The highest BCUT2D eigenvalue weighted by Crippen LogP contribution is 2.37. The lowest BCUT2D eigenvalue weighted by Gasteiger charge is -2.23. The zero-order valence-electron chi connectivity index (χ0n) is 13.3. The van der Waals surface area contributed by atoms with Crippen LogP contribution in [0.4, 0.5) is 11.5 Å². The van der Waals surface area contributed by atoms with Crippen molar-refractivity contribution in [2.45, 2.75) is 13.1 Å². The molecule has 7 heteroatoms. The van der Waals surface area contributed by atoms with Gasteiger partial charge in [-0.25, -0.2) is 0 Å². The number of nitrogen functional groups attached to an aromatic ring is 1. The van der Waals surface area contributed by atoms with E-state index >= 15 is 0 Å². The Morgan fingerprint density at radius 2 is 1.80 bits per heavy atom. The maximum atomic E-state index is 6.32. The third-order valence-electron chi connectivity index (χ3n) is 4.38. The third kappa shape index (κ3) is 2.79. The molecule has 0 saturated carbocycles. The molecule has 3 aromatic rings. The van der Waals surface area contributed by atoms with Gasteiger partial charge < -0.3 is 16.4 Å². The second kappa shape index (κ2) is 6.16. The Labute approximate surface area is 159 Å². The average molecular weight is 414 g/mol. The van der Waals surface area contributed by atoms with Gasteiger partial charge in [0.25, 0.3) is 0 Å². The predicted molar refractivity (Wildman–Crippen MR) is 108 cm³/mol. The van der Waals surface area contributed by atoms with Gasteiger partial charge in [0.2, 0.25) is 0 Å². The molecule has 0 aliphatic carbocycles. The minimum absolute atomic E-state index is 0.151. The smallest absolute Gasteiger partial charge is 0.193 e. The quantitative estimate of drug-likeness (QED) is 0.597. The van der Waals surface area contributed by atoms with Crippen molar-refractivity contribution in [1.82, 2.24) is 9.78 Å². The van der Waals surface area contributed by atoms with E-state index in [9.17, 15) is 0 Å². The molecular weight excluding hydrogens is 398 g/mol. The van der Waals surface area contributed by atoms with E-state index in [-0.39, 0.29) is 5.11 Å². The molecule has 0 unspecified atom stereocenters. The van der Waals surface area contributed by atoms with Crippen molar-refractivity contribution < 1.29 is 0 Å². The summed E-state index contributed by atoms with van der Waals surface area (Å²) < 4.78 is 2.50. The third-order valence-corrected chi connectivity index (χ3v) is 5.08. The van der Waals surface area contributed by atoms with Gasteiger partial charge in [-0.1, -0.05) is 40.2 Å². The van der Waals surface area contributed by atoms with Crippen molar-refractivity contribution in [2.75, 3.05) is 10.6 Å². The first-order valence-electron chi connectivity index (χ1n) is 7.80. The lowest BCUT2D eigenvalue weighted by molar-refractivity contribution is 0.774. The van der Waals surface area contributed by atoms with Crippen molar-refractivity contribution in [3.05, 3.63) is 64.3 Å². The molecule has 2 aromatic carbocycles. The molecule has 1 aliphatic rings. The molecule has 5 nitrogen and oxygen atoms in total. The normalized spacial score (nSPS) is 13.1. The lowest BCUT2D eigenvalue weighted by atomic mass is 10.0. The van der Waals surface area contributed by atoms with E-state index in [4.69, 9.17) is 23.7 Å². The summed E-state index contributed by atoms with van der Waals surface area (Å²) in [4.78, 5) is 2.27. The fourth-order valence-electron chi connectivity index (χ4n) is 3.23. The van der Waals surface area contributed by atoms with E-state index < -0.39 is 0 Å². The number of aromatic nitrogens is 2. The topological polar surface area (TPSA) is 73.1 Å². The zero-order valence-corrected chi connectivity index (χ0v) is 15.7. The number of nitrogens with two attached hydrogens (primary N) is 2. The monoisotopic (exact) mass is 413 g/mol. The molecule has 4 N–H and O–H groups in total. The summed E-state index contributed by atoms with van der Waals surface area (Å²) >= 11 is 8.57. The molecule has 0 spiro atoms. The Kier molecular flexibility index (Phi) is 3.97. The average Bonchev–Trinajstić information content (AvgIpc) is 2.82. The van der Waals surface area contributed by atoms with Crippen molar-refractivity contribution in [1.29, 1.82) is 0 Å². The summed E-state index contributed by atoms with van der Waals surface area (Å²) in [5.74, 6) is 0.493. The van der Waals surface area contributed by atoms with Crippen LogP contribution in [0.5, 0.6) is 0 Å². The van der Waals surface area contributed by atoms with Crippen molar-refractivity contribution in [2.24, 2.45) is 5.73 Å². The van der Waals surface area contributed by atoms with Gasteiger partial charge in [-0.05, 0) is 47.6 Å². The van der Waals surface area contributed by atoms with Crippen LogP contribution in [0.1, 0.15) is 11.3 Å². The minimum atomic E-state index is 0.151. The van der Waals surface area contributed by atoms with Crippen LogP contribution >= 0.6 is 28.1 Å². The molecule has 0 bridgehead atoms. The second-order valence-corrected chi connectivity index (χ2v) is 7.28. The van der Waals surface area contributed by atoms with Crippen LogP contribution in [0.2, 0.25) is 0 Å². The summed E-state index contributed by atoms with van der Waals surface area (Å²) in [6.07, 6.45) is 0. The molecule has 0 saturated heterocycles. The molecule has 0 radical (unpaired) electrons. The first-order chi connectivity index (χ1) is 12.0. The Bertz CT molecular complexity index is 964. The van der Waals surface area contributed by atoms with E-state index in [2.05, 4.69) is 50.2 Å². The predicted octanol–water partition coefficient (Wildman–Crippen LogP) is 3.51. The van der Waals surface area contributed by atoms with Crippen LogP contribution in [0.3, 0.4) is 0 Å². The van der Waals surface area contributed by atoms with Crippen molar-refractivity contribution in [3.63, 3.8) is 0 Å². The summed E-state index contributed by atoms with van der Waals surface area (Å²) in [5, 5.41) is 4.73. The molecule has 4 rings (SSSR count). The highest BCUT2D eigenvalue weighted by Gasteiger charge is 2.26. The van der Waals surface area contributed by atoms with E-state index in [0.29, 0.717) is 12.4 Å². The molecular formula is C18H16BrN5S. The number of benzene rings is 2. The largest absolute Gasteiger partial charge is 0.383 e. The lowest BCUT2D eigenvalue weighted by Crippen LogP contribution is -2.24.